The standard InChI is InChI=1S/C21H36N4O3/c1-5-22-21(24-15-18(9-11-26)13-16(2)3)23-10-12-28-20-8-6-7-19(14-20)25-17(4)27/h6-8,14,16,18,26H,5,9-13,15H2,1-4H3,(H,25,27)(H2,22,23,24). The minimum Gasteiger partial charge on any atom is -0.492 e. The van der Waals surface area contributed by atoms with Gasteiger partial charge in [-0.3, -0.25) is 9.79 Å². The Labute approximate surface area is 169 Å². The maximum Gasteiger partial charge on any atom is 0.221 e. The Hall–Kier alpha value is -2.28. The molecule has 0 fully saturated rings. The van der Waals surface area contributed by atoms with Gasteiger partial charge in [-0.05, 0) is 43.7 Å². The quantitative estimate of drug-likeness (QED) is 0.249. The Bertz CT molecular complexity index is 605. The first-order valence-corrected chi connectivity index (χ1v) is 10.1. The van der Waals surface area contributed by atoms with Gasteiger partial charge in [-0.1, -0.05) is 19.9 Å². The van der Waals surface area contributed by atoms with Gasteiger partial charge in [0.1, 0.15) is 12.4 Å². The molecular formula is C21H36N4O3. The van der Waals surface area contributed by atoms with Crippen LogP contribution in [0, 0.1) is 11.8 Å². The summed E-state index contributed by atoms with van der Waals surface area (Å²) in [6.45, 7) is 10.6. The summed E-state index contributed by atoms with van der Waals surface area (Å²) in [5, 5.41) is 18.5. The van der Waals surface area contributed by atoms with Crippen molar-refractivity contribution >= 4 is 17.6 Å². The van der Waals surface area contributed by atoms with Gasteiger partial charge < -0.3 is 25.8 Å². The molecule has 1 amide bonds. The lowest BCUT2D eigenvalue weighted by Crippen LogP contribution is -2.39. The van der Waals surface area contributed by atoms with Crippen LogP contribution < -0.4 is 20.7 Å². The highest BCUT2D eigenvalue weighted by atomic mass is 16.5. The molecule has 0 saturated heterocycles. The second kappa shape index (κ2) is 13.8. The van der Waals surface area contributed by atoms with Gasteiger partial charge in [-0.2, -0.15) is 0 Å². The summed E-state index contributed by atoms with van der Waals surface area (Å²) in [6, 6.07) is 7.32. The molecule has 0 bridgehead atoms. The maximum atomic E-state index is 11.1. The summed E-state index contributed by atoms with van der Waals surface area (Å²) in [6.07, 6.45) is 1.83. The predicted octanol–water partition coefficient (Wildman–Crippen LogP) is 2.62. The van der Waals surface area contributed by atoms with E-state index in [4.69, 9.17) is 4.74 Å². The third-order valence-electron chi connectivity index (χ3n) is 4.01. The fourth-order valence-corrected chi connectivity index (χ4v) is 2.90. The average molecular weight is 393 g/mol. The summed E-state index contributed by atoms with van der Waals surface area (Å²) >= 11 is 0. The van der Waals surface area contributed by atoms with Gasteiger partial charge in [0.2, 0.25) is 5.91 Å². The van der Waals surface area contributed by atoms with Crippen molar-refractivity contribution in [3.63, 3.8) is 0 Å². The molecule has 0 radical (unpaired) electrons. The first-order chi connectivity index (χ1) is 13.4. The minimum absolute atomic E-state index is 0.109. The fourth-order valence-electron chi connectivity index (χ4n) is 2.90. The Morgan fingerprint density at radius 1 is 1.29 bits per heavy atom. The van der Waals surface area contributed by atoms with Crippen molar-refractivity contribution in [1.82, 2.24) is 10.6 Å². The summed E-state index contributed by atoms with van der Waals surface area (Å²) in [5.74, 6) is 2.32. The lowest BCUT2D eigenvalue weighted by molar-refractivity contribution is -0.114. The molecule has 158 valence electrons. The number of anilines is 1. The number of benzene rings is 1. The number of guanidine groups is 1. The van der Waals surface area contributed by atoms with Crippen LogP contribution in [0.2, 0.25) is 0 Å². The van der Waals surface area contributed by atoms with E-state index >= 15 is 0 Å². The second-order valence-electron chi connectivity index (χ2n) is 7.21. The number of amides is 1. The molecule has 1 unspecified atom stereocenters. The number of ether oxygens (including phenoxy) is 1. The third kappa shape index (κ3) is 10.8. The monoisotopic (exact) mass is 392 g/mol. The van der Waals surface area contributed by atoms with Crippen molar-refractivity contribution in [1.29, 1.82) is 0 Å². The molecule has 0 aromatic heterocycles. The fraction of sp³-hybridized carbons (Fsp3) is 0.619. The topological polar surface area (TPSA) is 95.0 Å². The van der Waals surface area contributed by atoms with E-state index in [1.807, 2.05) is 25.1 Å². The highest BCUT2D eigenvalue weighted by Gasteiger charge is 2.10. The zero-order valence-corrected chi connectivity index (χ0v) is 17.6. The number of nitrogens with zero attached hydrogens (tertiary/aromatic N) is 1. The largest absolute Gasteiger partial charge is 0.492 e. The molecule has 7 nitrogen and oxygen atoms in total. The van der Waals surface area contributed by atoms with Crippen molar-refractivity contribution in [2.24, 2.45) is 16.8 Å². The summed E-state index contributed by atoms with van der Waals surface area (Å²) in [4.78, 5) is 15.8. The molecule has 0 aliphatic carbocycles. The van der Waals surface area contributed by atoms with Crippen molar-refractivity contribution in [3.8, 4) is 5.75 Å². The number of carbonyl (C=O) groups excluding carboxylic acids is 1. The summed E-state index contributed by atoms with van der Waals surface area (Å²) < 4.78 is 5.74. The lowest BCUT2D eigenvalue weighted by atomic mass is 9.94. The first-order valence-electron chi connectivity index (χ1n) is 10.1. The van der Waals surface area contributed by atoms with Crippen LogP contribution in [0.3, 0.4) is 0 Å². The van der Waals surface area contributed by atoms with Crippen LogP contribution in [0.1, 0.15) is 40.5 Å². The molecule has 0 aliphatic heterocycles. The number of aliphatic hydroxyl groups excluding tert-OH is 1. The van der Waals surface area contributed by atoms with E-state index in [0.717, 1.165) is 25.3 Å². The van der Waals surface area contributed by atoms with E-state index in [2.05, 4.69) is 34.8 Å². The highest BCUT2D eigenvalue weighted by molar-refractivity contribution is 5.88. The molecule has 1 atom stereocenters. The van der Waals surface area contributed by atoms with Gasteiger partial charge in [0.25, 0.3) is 0 Å². The minimum atomic E-state index is -0.109. The second-order valence-corrected chi connectivity index (χ2v) is 7.21. The van der Waals surface area contributed by atoms with Crippen molar-refractivity contribution in [3.05, 3.63) is 24.3 Å². The molecule has 4 N–H and O–H groups in total. The van der Waals surface area contributed by atoms with E-state index in [0.29, 0.717) is 43.0 Å². The Kier molecular flexibility index (Phi) is 11.7. The molecule has 0 saturated carbocycles. The highest BCUT2D eigenvalue weighted by Crippen LogP contribution is 2.17. The van der Waals surface area contributed by atoms with Gasteiger partial charge in [0.15, 0.2) is 5.96 Å². The molecule has 0 heterocycles. The number of hydrogen-bond acceptors (Lipinski definition) is 4. The molecular weight excluding hydrogens is 356 g/mol. The smallest absolute Gasteiger partial charge is 0.221 e. The van der Waals surface area contributed by atoms with Gasteiger partial charge in [0.05, 0.1) is 6.54 Å². The predicted molar refractivity (Wildman–Crippen MR) is 115 cm³/mol. The van der Waals surface area contributed by atoms with Crippen molar-refractivity contribution in [2.45, 2.75) is 40.5 Å². The van der Waals surface area contributed by atoms with Gasteiger partial charge >= 0.3 is 0 Å². The number of nitrogens with one attached hydrogen (secondary N) is 3. The SMILES string of the molecule is CCNC(=NCC(CCO)CC(C)C)NCCOc1cccc(NC(C)=O)c1. The van der Waals surface area contributed by atoms with E-state index < -0.39 is 0 Å². The van der Waals surface area contributed by atoms with Crippen molar-refractivity contribution < 1.29 is 14.6 Å². The number of aliphatic imine (C=N–C) groups is 1. The van der Waals surface area contributed by atoms with Crippen LogP contribution in [0.25, 0.3) is 0 Å². The van der Waals surface area contributed by atoms with Crippen LogP contribution in [-0.4, -0.2) is 49.8 Å². The van der Waals surface area contributed by atoms with Crippen LogP contribution >= 0.6 is 0 Å². The first kappa shape index (κ1) is 23.8. The van der Waals surface area contributed by atoms with Gasteiger partial charge in [-0.25, -0.2) is 0 Å². The van der Waals surface area contributed by atoms with E-state index in [1.165, 1.54) is 6.92 Å². The molecule has 0 aliphatic rings. The summed E-state index contributed by atoms with van der Waals surface area (Å²) in [7, 11) is 0. The van der Waals surface area contributed by atoms with Crippen LogP contribution in [0.5, 0.6) is 5.75 Å². The third-order valence-corrected chi connectivity index (χ3v) is 4.01. The maximum absolute atomic E-state index is 11.1. The number of rotatable bonds is 12. The summed E-state index contributed by atoms with van der Waals surface area (Å²) in [5.41, 5.74) is 0.716. The Morgan fingerprint density at radius 3 is 2.71 bits per heavy atom. The number of hydrogen-bond donors (Lipinski definition) is 4. The average Bonchev–Trinajstić information content (AvgIpc) is 2.62. The van der Waals surface area contributed by atoms with Crippen LogP contribution in [-0.2, 0) is 4.79 Å². The molecule has 1 aromatic carbocycles. The molecule has 28 heavy (non-hydrogen) atoms. The number of aliphatic hydroxyl groups is 1. The molecule has 0 spiro atoms. The number of carbonyl (C=O) groups is 1. The van der Waals surface area contributed by atoms with Crippen LogP contribution in [0.4, 0.5) is 5.69 Å². The zero-order valence-electron chi connectivity index (χ0n) is 17.6. The lowest BCUT2D eigenvalue weighted by Gasteiger charge is -2.17. The Morgan fingerprint density at radius 2 is 2.07 bits per heavy atom. The Balaban J connectivity index is 2.48. The molecule has 1 aromatic rings. The van der Waals surface area contributed by atoms with Gasteiger partial charge in [0, 0.05) is 38.4 Å². The normalized spacial score (nSPS) is 12.6. The molecule has 1 rings (SSSR count). The van der Waals surface area contributed by atoms with E-state index in [-0.39, 0.29) is 12.5 Å². The molecule has 7 heteroatoms. The van der Waals surface area contributed by atoms with E-state index in [1.54, 1.807) is 6.07 Å². The zero-order chi connectivity index (χ0) is 20.8. The van der Waals surface area contributed by atoms with Gasteiger partial charge in [-0.15, -0.1) is 0 Å². The van der Waals surface area contributed by atoms with Crippen LogP contribution in [0.15, 0.2) is 29.3 Å². The van der Waals surface area contributed by atoms with Crippen molar-refractivity contribution in [2.75, 3.05) is 38.2 Å². The van der Waals surface area contributed by atoms with E-state index in [9.17, 15) is 9.90 Å².